The van der Waals surface area contributed by atoms with Crippen LogP contribution >= 0.6 is 0 Å². The number of aryl methyl sites for hydroxylation is 1. The molecule has 1 saturated heterocycles. The van der Waals surface area contributed by atoms with Crippen molar-refractivity contribution in [3.05, 3.63) is 60.3 Å². The monoisotopic (exact) mass is 376 g/mol. The number of fused-ring (bicyclic) bond motifs is 1. The highest BCUT2D eigenvalue weighted by Crippen LogP contribution is 2.38. The summed E-state index contributed by atoms with van der Waals surface area (Å²) in [5.41, 5.74) is 2.62. The first-order valence-electron chi connectivity index (χ1n) is 9.72. The van der Waals surface area contributed by atoms with Gasteiger partial charge in [-0.25, -0.2) is 4.90 Å². The fourth-order valence-electron chi connectivity index (χ4n) is 3.96. The number of imide groups is 1. The zero-order valence-corrected chi connectivity index (χ0v) is 16.2. The SMILES string of the molecule is CCCCn1cc([C@@H]2CC(=O)N(c3cccc(OC)c3)C2=O)c2ccccc21. The molecular weight excluding hydrogens is 352 g/mol. The molecule has 0 unspecified atom stereocenters. The van der Waals surface area contributed by atoms with Crippen molar-refractivity contribution in [3.8, 4) is 5.75 Å². The number of para-hydroxylation sites is 1. The number of carbonyl (C=O) groups is 2. The number of amides is 2. The molecule has 0 aliphatic carbocycles. The van der Waals surface area contributed by atoms with Crippen LogP contribution in [0, 0.1) is 0 Å². The van der Waals surface area contributed by atoms with E-state index in [-0.39, 0.29) is 18.2 Å². The van der Waals surface area contributed by atoms with Crippen molar-refractivity contribution in [3.63, 3.8) is 0 Å². The molecule has 5 nitrogen and oxygen atoms in total. The molecule has 28 heavy (non-hydrogen) atoms. The summed E-state index contributed by atoms with van der Waals surface area (Å²) in [4.78, 5) is 27.3. The number of ether oxygens (including phenoxy) is 1. The van der Waals surface area contributed by atoms with E-state index >= 15 is 0 Å². The second kappa shape index (κ2) is 7.50. The number of aromatic nitrogens is 1. The van der Waals surface area contributed by atoms with Gasteiger partial charge in [-0.15, -0.1) is 0 Å². The molecule has 1 atom stereocenters. The van der Waals surface area contributed by atoms with Crippen LogP contribution in [-0.4, -0.2) is 23.5 Å². The maximum absolute atomic E-state index is 13.2. The predicted molar refractivity (Wildman–Crippen MR) is 110 cm³/mol. The minimum Gasteiger partial charge on any atom is -0.497 e. The molecule has 1 aliphatic rings. The van der Waals surface area contributed by atoms with Crippen molar-refractivity contribution >= 4 is 28.4 Å². The van der Waals surface area contributed by atoms with Gasteiger partial charge >= 0.3 is 0 Å². The maximum atomic E-state index is 13.2. The molecular formula is C23H24N2O3. The first-order chi connectivity index (χ1) is 13.6. The lowest BCUT2D eigenvalue weighted by Gasteiger charge is -2.15. The van der Waals surface area contributed by atoms with Gasteiger partial charge in [-0.2, -0.15) is 0 Å². The van der Waals surface area contributed by atoms with Crippen LogP contribution in [-0.2, 0) is 16.1 Å². The Hall–Kier alpha value is -3.08. The van der Waals surface area contributed by atoms with Gasteiger partial charge in [0.1, 0.15) is 5.75 Å². The van der Waals surface area contributed by atoms with E-state index in [9.17, 15) is 9.59 Å². The summed E-state index contributed by atoms with van der Waals surface area (Å²) in [7, 11) is 1.57. The molecule has 5 heteroatoms. The molecule has 2 heterocycles. The molecule has 0 spiro atoms. The Kier molecular flexibility index (Phi) is 4.90. The van der Waals surface area contributed by atoms with E-state index < -0.39 is 5.92 Å². The van der Waals surface area contributed by atoms with Crippen LogP contribution in [0.2, 0.25) is 0 Å². The van der Waals surface area contributed by atoms with Gasteiger partial charge in [-0.3, -0.25) is 9.59 Å². The predicted octanol–water partition coefficient (Wildman–Crippen LogP) is 4.50. The highest BCUT2D eigenvalue weighted by molar-refractivity contribution is 6.23. The van der Waals surface area contributed by atoms with Crippen LogP contribution in [0.1, 0.15) is 37.7 Å². The van der Waals surface area contributed by atoms with E-state index in [1.165, 1.54) is 4.90 Å². The number of nitrogens with zero attached hydrogens (tertiary/aromatic N) is 2. The highest BCUT2D eigenvalue weighted by atomic mass is 16.5. The quantitative estimate of drug-likeness (QED) is 0.595. The maximum Gasteiger partial charge on any atom is 0.241 e. The van der Waals surface area contributed by atoms with Crippen LogP contribution in [0.25, 0.3) is 10.9 Å². The van der Waals surface area contributed by atoms with Crippen molar-refractivity contribution < 1.29 is 14.3 Å². The Bertz CT molecular complexity index is 1040. The Morgan fingerprint density at radius 2 is 1.93 bits per heavy atom. The Balaban J connectivity index is 1.72. The number of unbranched alkanes of at least 4 members (excludes halogenated alkanes) is 1. The number of anilines is 1. The lowest BCUT2D eigenvalue weighted by Crippen LogP contribution is -2.30. The summed E-state index contributed by atoms with van der Waals surface area (Å²) in [5.74, 6) is -0.172. The topological polar surface area (TPSA) is 51.5 Å². The van der Waals surface area contributed by atoms with Crippen LogP contribution < -0.4 is 9.64 Å². The number of methoxy groups -OCH3 is 1. The number of carbonyl (C=O) groups excluding carboxylic acids is 2. The summed E-state index contributed by atoms with van der Waals surface area (Å²) in [6, 6.07) is 15.2. The molecule has 0 N–H and O–H groups in total. The van der Waals surface area contributed by atoms with Crippen LogP contribution in [0.4, 0.5) is 5.69 Å². The minimum atomic E-state index is -0.452. The fourth-order valence-corrected chi connectivity index (χ4v) is 3.96. The van der Waals surface area contributed by atoms with E-state index in [0.717, 1.165) is 35.9 Å². The summed E-state index contributed by atoms with van der Waals surface area (Å²) in [6.07, 6.45) is 4.43. The second-order valence-electron chi connectivity index (χ2n) is 7.17. The summed E-state index contributed by atoms with van der Waals surface area (Å²) < 4.78 is 7.45. The number of rotatable bonds is 6. The molecule has 1 aromatic heterocycles. The van der Waals surface area contributed by atoms with Gasteiger partial charge in [-0.05, 0) is 30.2 Å². The zero-order valence-electron chi connectivity index (χ0n) is 16.2. The van der Waals surface area contributed by atoms with Crippen LogP contribution in [0.15, 0.2) is 54.7 Å². The minimum absolute atomic E-state index is 0.170. The summed E-state index contributed by atoms with van der Waals surface area (Å²) in [6.45, 7) is 3.07. The van der Waals surface area contributed by atoms with E-state index in [0.29, 0.717) is 11.4 Å². The lowest BCUT2D eigenvalue weighted by atomic mass is 9.97. The standard InChI is InChI=1S/C23H24N2O3/c1-3-4-12-24-15-20(18-10-5-6-11-21(18)24)19-14-22(26)25(23(19)27)16-8-7-9-17(13-16)28-2/h5-11,13,15,19H,3-4,12,14H2,1-2H3/t19-/m0/s1. The van der Waals surface area contributed by atoms with Gasteiger partial charge in [0.2, 0.25) is 11.8 Å². The molecule has 0 radical (unpaired) electrons. The third kappa shape index (κ3) is 3.07. The second-order valence-corrected chi connectivity index (χ2v) is 7.17. The smallest absolute Gasteiger partial charge is 0.241 e. The molecule has 144 valence electrons. The number of hydrogen-bond donors (Lipinski definition) is 0. The zero-order chi connectivity index (χ0) is 19.7. The van der Waals surface area contributed by atoms with Gasteiger partial charge in [0.15, 0.2) is 0 Å². The first kappa shape index (κ1) is 18.3. The van der Waals surface area contributed by atoms with Crippen LogP contribution in [0.3, 0.4) is 0 Å². The largest absolute Gasteiger partial charge is 0.497 e. The van der Waals surface area contributed by atoms with Gasteiger partial charge in [0.25, 0.3) is 0 Å². The third-order valence-electron chi connectivity index (χ3n) is 5.41. The number of benzene rings is 2. The third-order valence-corrected chi connectivity index (χ3v) is 5.41. The number of hydrogen-bond acceptors (Lipinski definition) is 3. The summed E-state index contributed by atoms with van der Waals surface area (Å²) in [5, 5.41) is 1.05. The van der Waals surface area contributed by atoms with Crippen molar-refractivity contribution in [1.82, 2.24) is 4.57 Å². The Labute approximate surface area is 164 Å². The molecule has 2 aromatic carbocycles. The van der Waals surface area contributed by atoms with E-state index in [2.05, 4.69) is 23.8 Å². The Morgan fingerprint density at radius 3 is 2.71 bits per heavy atom. The van der Waals surface area contributed by atoms with Gasteiger partial charge in [0.05, 0.1) is 18.7 Å². The average molecular weight is 376 g/mol. The van der Waals surface area contributed by atoms with Crippen molar-refractivity contribution in [2.45, 2.75) is 38.6 Å². The van der Waals surface area contributed by atoms with Crippen molar-refractivity contribution in [2.24, 2.45) is 0 Å². The average Bonchev–Trinajstić information content (AvgIpc) is 3.23. The molecule has 4 rings (SSSR count). The van der Waals surface area contributed by atoms with Crippen LogP contribution in [0.5, 0.6) is 5.75 Å². The molecule has 2 amide bonds. The molecule has 1 fully saturated rings. The Morgan fingerprint density at radius 1 is 1.11 bits per heavy atom. The van der Waals surface area contributed by atoms with Gasteiger partial charge in [0, 0.05) is 36.1 Å². The molecule has 3 aromatic rings. The van der Waals surface area contributed by atoms with E-state index in [1.807, 2.05) is 18.2 Å². The van der Waals surface area contributed by atoms with E-state index in [4.69, 9.17) is 4.74 Å². The van der Waals surface area contributed by atoms with Gasteiger partial charge < -0.3 is 9.30 Å². The summed E-state index contributed by atoms with van der Waals surface area (Å²) >= 11 is 0. The normalized spacial score (nSPS) is 16.9. The van der Waals surface area contributed by atoms with Crippen molar-refractivity contribution in [1.29, 1.82) is 0 Å². The van der Waals surface area contributed by atoms with E-state index in [1.54, 1.807) is 31.4 Å². The molecule has 0 saturated carbocycles. The first-order valence-corrected chi connectivity index (χ1v) is 9.72. The van der Waals surface area contributed by atoms with Gasteiger partial charge in [-0.1, -0.05) is 37.6 Å². The highest BCUT2D eigenvalue weighted by Gasteiger charge is 2.41. The fraction of sp³-hybridized carbons (Fsp3) is 0.304. The lowest BCUT2D eigenvalue weighted by molar-refractivity contribution is -0.121. The van der Waals surface area contributed by atoms with Crippen molar-refractivity contribution in [2.75, 3.05) is 12.0 Å². The molecule has 0 bridgehead atoms. The molecule has 1 aliphatic heterocycles.